The molecule has 17 heavy (non-hydrogen) atoms. The largest absolute Gasteiger partial charge is 0.339 e. The number of halogens is 4. The number of nitrogens with zero attached hydrogens (tertiary/aromatic N) is 1. The van der Waals surface area contributed by atoms with E-state index in [1.807, 2.05) is 0 Å². The summed E-state index contributed by atoms with van der Waals surface area (Å²) in [5.74, 6) is -10.7. The van der Waals surface area contributed by atoms with Gasteiger partial charge in [0, 0.05) is 11.0 Å². The van der Waals surface area contributed by atoms with Crippen LogP contribution in [0.4, 0.5) is 17.6 Å². The Morgan fingerprint density at radius 2 is 1.82 bits per heavy atom. The Kier molecular flexibility index (Phi) is 2.43. The summed E-state index contributed by atoms with van der Waals surface area (Å²) < 4.78 is 56.5. The molecule has 0 bridgehead atoms. The van der Waals surface area contributed by atoms with Gasteiger partial charge < -0.3 is 0 Å². The standard InChI is InChI=1S/C10H7F4NOS/c1-4-5(2)17-15-7(4)6-3-9(11,12)8(16)10(6,13)14/h3H,1-2H3. The van der Waals surface area contributed by atoms with E-state index < -0.39 is 23.2 Å². The van der Waals surface area contributed by atoms with Crippen molar-refractivity contribution in [3.05, 3.63) is 22.2 Å². The minimum Gasteiger partial charge on any atom is -0.285 e. The number of hydrogen-bond donors (Lipinski definition) is 0. The van der Waals surface area contributed by atoms with Crippen molar-refractivity contribution in [2.45, 2.75) is 25.7 Å². The van der Waals surface area contributed by atoms with E-state index in [9.17, 15) is 22.4 Å². The molecule has 2 nitrogen and oxygen atoms in total. The van der Waals surface area contributed by atoms with E-state index in [1.54, 1.807) is 6.92 Å². The number of rotatable bonds is 1. The Hall–Kier alpha value is -1.24. The molecule has 0 radical (unpaired) electrons. The van der Waals surface area contributed by atoms with Gasteiger partial charge in [-0.15, -0.1) is 0 Å². The molecule has 0 unspecified atom stereocenters. The van der Waals surface area contributed by atoms with Crippen LogP contribution < -0.4 is 0 Å². The molecule has 0 aliphatic heterocycles. The van der Waals surface area contributed by atoms with Crippen molar-refractivity contribution in [1.29, 1.82) is 0 Å². The van der Waals surface area contributed by atoms with Crippen LogP contribution in [-0.2, 0) is 4.79 Å². The van der Waals surface area contributed by atoms with Crippen molar-refractivity contribution >= 4 is 22.9 Å². The average molecular weight is 265 g/mol. The Bertz CT molecular complexity index is 532. The molecule has 0 saturated carbocycles. The van der Waals surface area contributed by atoms with Crippen LogP contribution in [-0.4, -0.2) is 22.0 Å². The zero-order valence-electron chi connectivity index (χ0n) is 8.85. The lowest BCUT2D eigenvalue weighted by atomic mass is 10.0. The predicted molar refractivity (Wildman–Crippen MR) is 54.5 cm³/mol. The first-order valence-electron chi connectivity index (χ1n) is 4.65. The zero-order valence-corrected chi connectivity index (χ0v) is 9.67. The quantitative estimate of drug-likeness (QED) is 0.731. The number of aromatic nitrogens is 1. The molecule has 1 aliphatic rings. The minimum atomic E-state index is -4.17. The Balaban J connectivity index is 2.61. The number of allylic oxidation sites excluding steroid dienone is 2. The maximum atomic E-state index is 13.4. The summed E-state index contributed by atoms with van der Waals surface area (Å²) >= 11 is 0.940. The van der Waals surface area contributed by atoms with Gasteiger partial charge in [0.15, 0.2) is 0 Å². The topological polar surface area (TPSA) is 30.0 Å². The lowest BCUT2D eigenvalue weighted by Crippen LogP contribution is -2.35. The van der Waals surface area contributed by atoms with E-state index in [0.29, 0.717) is 10.4 Å². The summed E-state index contributed by atoms with van der Waals surface area (Å²) in [4.78, 5) is 11.5. The van der Waals surface area contributed by atoms with Gasteiger partial charge in [-0.1, -0.05) is 0 Å². The fourth-order valence-corrected chi connectivity index (χ4v) is 2.25. The van der Waals surface area contributed by atoms with E-state index in [4.69, 9.17) is 0 Å². The van der Waals surface area contributed by atoms with E-state index in [2.05, 4.69) is 4.37 Å². The minimum absolute atomic E-state index is 0.0107. The SMILES string of the molecule is Cc1snc(C2=CC(F)(F)C(=O)C2(F)F)c1C. The van der Waals surface area contributed by atoms with Crippen LogP contribution in [0, 0.1) is 13.8 Å². The first-order chi connectivity index (χ1) is 7.68. The zero-order chi connectivity index (χ0) is 13.0. The molecule has 0 saturated heterocycles. The van der Waals surface area contributed by atoms with E-state index >= 15 is 0 Å². The lowest BCUT2D eigenvalue weighted by molar-refractivity contribution is -0.152. The van der Waals surface area contributed by atoms with E-state index in [-0.39, 0.29) is 11.8 Å². The van der Waals surface area contributed by atoms with Gasteiger partial charge in [0.1, 0.15) is 0 Å². The molecule has 0 atom stereocenters. The molecular formula is C10H7F4NOS. The maximum absolute atomic E-state index is 13.4. The van der Waals surface area contributed by atoms with Crippen LogP contribution in [0.25, 0.3) is 5.57 Å². The summed E-state index contributed by atoms with van der Waals surface area (Å²) in [7, 11) is 0. The predicted octanol–water partition coefficient (Wildman–Crippen LogP) is 3.00. The molecule has 7 heteroatoms. The van der Waals surface area contributed by atoms with Gasteiger partial charge >= 0.3 is 11.8 Å². The number of Topliss-reactive ketones (excluding diaryl/α,β-unsaturated/α-hetero) is 1. The first kappa shape index (κ1) is 12.2. The van der Waals surface area contributed by atoms with Gasteiger partial charge in [-0.2, -0.15) is 21.9 Å². The normalized spacial score (nSPS) is 21.8. The lowest BCUT2D eigenvalue weighted by Gasteiger charge is -2.12. The van der Waals surface area contributed by atoms with Gasteiger partial charge in [0.05, 0.1) is 11.3 Å². The van der Waals surface area contributed by atoms with Crippen LogP contribution in [0.1, 0.15) is 16.1 Å². The van der Waals surface area contributed by atoms with Gasteiger partial charge in [-0.05, 0) is 30.9 Å². The van der Waals surface area contributed by atoms with Crippen molar-refractivity contribution in [2.24, 2.45) is 0 Å². The number of hydrogen-bond acceptors (Lipinski definition) is 3. The molecule has 0 N–H and O–H groups in total. The number of alkyl halides is 4. The van der Waals surface area contributed by atoms with Crippen molar-refractivity contribution in [1.82, 2.24) is 4.37 Å². The van der Waals surface area contributed by atoms with Crippen LogP contribution >= 0.6 is 11.5 Å². The van der Waals surface area contributed by atoms with Gasteiger partial charge in [-0.3, -0.25) is 4.79 Å². The smallest absolute Gasteiger partial charge is 0.285 e. The second kappa shape index (κ2) is 3.38. The Morgan fingerprint density at radius 3 is 2.18 bits per heavy atom. The fraction of sp³-hybridized carbons (Fsp3) is 0.400. The molecule has 2 rings (SSSR count). The van der Waals surface area contributed by atoms with Crippen LogP contribution in [0.15, 0.2) is 6.08 Å². The van der Waals surface area contributed by atoms with E-state index in [1.165, 1.54) is 6.92 Å². The molecule has 0 fully saturated rings. The summed E-state index contributed by atoms with van der Waals surface area (Å²) in [5, 5.41) is 0. The first-order valence-corrected chi connectivity index (χ1v) is 5.42. The number of aryl methyl sites for hydroxylation is 1. The summed E-state index contributed by atoms with van der Waals surface area (Å²) in [6.45, 7) is 3.15. The second-order valence-electron chi connectivity index (χ2n) is 3.80. The number of carbonyl (C=O) groups is 1. The number of ketones is 1. The summed E-state index contributed by atoms with van der Waals surface area (Å²) in [5.41, 5.74) is -0.816. The van der Waals surface area contributed by atoms with Crippen molar-refractivity contribution in [3.8, 4) is 0 Å². The maximum Gasteiger partial charge on any atom is 0.339 e. The molecule has 1 aromatic rings. The highest BCUT2D eigenvalue weighted by atomic mass is 32.1. The fourth-order valence-electron chi connectivity index (χ4n) is 1.56. The van der Waals surface area contributed by atoms with Gasteiger partial charge in [0.25, 0.3) is 5.78 Å². The Labute approximate surface area is 98.1 Å². The van der Waals surface area contributed by atoms with Gasteiger partial charge in [0.2, 0.25) is 0 Å². The van der Waals surface area contributed by atoms with Crippen molar-refractivity contribution in [3.63, 3.8) is 0 Å². The molecular weight excluding hydrogens is 258 g/mol. The van der Waals surface area contributed by atoms with Crippen LogP contribution in [0.3, 0.4) is 0 Å². The second-order valence-corrected chi connectivity index (χ2v) is 4.77. The highest BCUT2D eigenvalue weighted by Crippen LogP contribution is 2.46. The molecule has 1 aliphatic carbocycles. The molecule has 1 heterocycles. The highest BCUT2D eigenvalue weighted by Gasteiger charge is 2.62. The third-order valence-electron chi connectivity index (χ3n) is 2.66. The monoisotopic (exact) mass is 265 g/mol. The molecule has 92 valence electrons. The van der Waals surface area contributed by atoms with Crippen LogP contribution in [0.5, 0.6) is 0 Å². The summed E-state index contributed by atoms with van der Waals surface area (Å²) in [6, 6.07) is 0. The third kappa shape index (κ3) is 1.60. The van der Waals surface area contributed by atoms with Crippen molar-refractivity contribution < 1.29 is 22.4 Å². The molecule has 0 aromatic carbocycles. The van der Waals surface area contributed by atoms with Gasteiger partial charge in [-0.25, -0.2) is 0 Å². The van der Waals surface area contributed by atoms with E-state index in [0.717, 1.165) is 11.5 Å². The number of carbonyl (C=O) groups excluding carboxylic acids is 1. The summed E-state index contributed by atoms with van der Waals surface area (Å²) in [6.07, 6.45) is 0.0107. The molecule has 1 aromatic heterocycles. The highest BCUT2D eigenvalue weighted by molar-refractivity contribution is 7.06. The van der Waals surface area contributed by atoms with Crippen molar-refractivity contribution in [2.75, 3.05) is 0 Å². The Morgan fingerprint density at radius 1 is 1.24 bits per heavy atom. The molecule has 0 spiro atoms. The van der Waals surface area contributed by atoms with Crippen LogP contribution in [0.2, 0.25) is 0 Å². The molecule has 0 amide bonds. The average Bonchev–Trinajstić information content (AvgIpc) is 2.61. The third-order valence-corrected chi connectivity index (χ3v) is 3.52.